The second-order valence-electron chi connectivity index (χ2n) is 5.38. The van der Waals surface area contributed by atoms with Crippen molar-refractivity contribution < 1.29 is 4.42 Å². The molecule has 1 heterocycles. The van der Waals surface area contributed by atoms with Crippen molar-refractivity contribution in [2.45, 2.75) is 6.54 Å². The Balaban J connectivity index is 1.74. The smallest absolute Gasteiger partial charge is 0.100 e. The highest BCUT2D eigenvalue weighted by Crippen LogP contribution is 2.26. The molecular formula is C18H19N3O. The van der Waals surface area contributed by atoms with E-state index in [1.807, 2.05) is 43.5 Å². The average molecular weight is 293 g/mol. The van der Waals surface area contributed by atoms with Gasteiger partial charge < -0.3 is 4.42 Å². The molecule has 0 atom stereocenters. The third-order valence-electron chi connectivity index (χ3n) is 3.43. The summed E-state index contributed by atoms with van der Waals surface area (Å²) in [5.74, 6) is 0. The Hall–Kier alpha value is -2.43. The van der Waals surface area contributed by atoms with Crippen LogP contribution in [0.5, 0.6) is 0 Å². The van der Waals surface area contributed by atoms with Gasteiger partial charge in [-0.2, -0.15) is 0 Å². The van der Waals surface area contributed by atoms with E-state index in [-0.39, 0.29) is 0 Å². The van der Waals surface area contributed by atoms with Gasteiger partial charge in [0.25, 0.3) is 0 Å². The van der Waals surface area contributed by atoms with Gasteiger partial charge in [-0.3, -0.25) is 15.4 Å². The van der Waals surface area contributed by atoms with E-state index in [1.54, 1.807) is 12.5 Å². The normalized spacial score (nSPS) is 11.8. The zero-order valence-corrected chi connectivity index (χ0v) is 12.8. The maximum absolute atomic E-state index is 5.23. The van der Waals surface area contributed by atoms with Gasteiger partial charge in [0.05, 0.1) is 12.0 Å². The first-order chi connectivity index (χ1) is 10.7. The highest BCUT2D eigenvalue weighted by atomic mass is 16.3. The first-order valence-corrected chi connectivity index (χ1v) is 7.21. The summed E-state index contributed by atoms with van der Waals surface area (Å²) in [6.07, 6.45) is 5.35. The molecule has 0 saturated carbocycles. The number of hydrogen-bond acceptors (Lipinski definition) is 4. The molecule has 0 spiro atoms. The van der Waals surface area contributed by atoms with E-state index in [0.717, 1.165) is 28.6 Å². The number of furan rings is 1. The van der Waals surface area contributed by atoms with Gasteiger partial charge in [-0.25, -0.2) is 0 Å². The van der Waals surface area contributed by atoms with E-state index in [9.17, 15) is 0 Å². The Bertz CT molecular complexity index is 772. The highest BCUT2D eigenvalue weighted by molar-refractivity contribution is 5.94. The number of rotatable bonds is 5. The minimum atomic E-state index is 0.818. The van der Waals surface area contributed by atoms with Crippen LogP contribution < -0.4 is 5.43 Å². The van der Waals surface area contributed by atoms with Crippen LogP contribution in [0, 0.1) is 0 Å². The van der Waals surface area contributed by atoms with E-state index >= 15 is 0 Å². The topological polar surface area (TPSA) is 40.8 Å². The number of fused-ring (bicyclic) bond motifs is 1. The molecule has 0 fully saturated rings. The molecule has 0 bridgehead atoms. The van der Waals surface area contributed by atoms with Gasteiger partial charge in [-0.05, 0) is 17.2 Å². The molecule has 1 N–H and O–H groups in total. The summed E-state index contributed by atoms with van der Waals surface area (Å²) in [4.78, 5) is 4.57. The zero-order valence-electron chi connectivity index (χ0n) is 12.8. The molecule has 4 heteroatoms. The van der Waals surface area contributed by atoms with Crippen LogP contribution in [-0.2, 0) is 6.54 Å². The maximum Gasteiger partial charge on any atom is 0.100 e. The molecule has 0 aliphatic heterocycles. The summed E-state index contributed by atoms with van der Waals surface area (Å²) < 4.78 is 5.23. The predicted octanol–water partition coefficient (Wildman–Crippen LogP) is 3.75. The summed E-state index contributed by atoms with van der Waals surface area (Å²) in [5.41, 5.74) is 6.48. The van der Waals surface area contributed by atoms with Crippen LogP contribution in [0.2, 0.25) is 0 Å². The fourth-order valence-electron chi connectivity index (χ4n) is 2.20. The van der Waals surface area contributed by atoms with Crippen molar-refractivity contribution >= 4 is 22.7 Å². The van der Waals surface area contributed by atoms with Gasteiger partial charge in [0.1, 0.15) is 6.26 Å². The Kier molecular flexibility index (Phi) is 4.32. The van der Waals surface area contributed by atoms with Crippen molar-refractivity contribution in [3.05, 3.63) is 66.1 Å². The molecule has 0 unspecified atom stereocenters. The lowest BCUT2D eigenvalue weighted by molar-refractivity contribution is 0.286. The molecule has 0 amide bonds. The largest absolute Gasteiger partial charge is 0.471 e. The number of hydrogen-bond donors (Lipinski definition) is 1. The van der Waals surface area contributed by atoms with Crippen molar-refractivity contribution in [3.63, 3.8) is 0 Å². The lowest BCUT2D eigenvalue weighted by Crippen LogP contribution is -2.29. The molecule has 1 aromatic heterocycles. The monoisotopic (exact) mass is 293 g/mol. The minimum absolute atomic E-state index is 0.818. The Morgan fingerprint density at radius 1 is 1.09 bits per heavy atom. The standard InChI is InChI=1S/C18H19N3O/c1-21(2)20-11-15-8-6-14(7-9-15)10-19-18-5-3-4-16-12-22-13-17(16)18/h3-10,12-13,20H,11H2,1-2H3/b19-10+. The average Bonchev–Trinajstić information content (AvgIpc) is 3.01. The first-order valence-electron chi connectivity index (χ1n) is 7.21. The number of benzene rings is 2. The molecule has 22 heavy (non-hydrogen) atoms. The summed E-state index contributed by atoms with van der Waals surface area (Å²) in [7, 11) is 3.97. The van der Waals surface area contributed by atoms with Crippen molar-refractivity contribution in [1.29, 1.82) is 0 Å². The van der Waals surface area contributed by atoms with Gasteiger partial charge in [0.15, 0.2) is 0 Å². The molecule has 3 aromatic rings. The number of hydrazine groups is 1. The van der Waals surface area contributed by atoms with Gasteiger partial charge in [-0.1, -0.05) is 36.4 Å². The summed E-state index contributed by atoms with van der Waals surface area (Å²) in [6, 6.07) is 14.4. The summed E-state index contributed by atoms with van der Waals surface area (Å²) in [6.45, 7) is 0.818. The SMILES string of the molecule is CN(C)NCc1ccc(/C=N/c2cccc3cocc23)cc1. The van der Waals surface area contributed by atoms with Gasteiger partial charge >= 0.3 is 0 Å². The van der Waals surface area contributed by atoms with E-state index in [2.05, 4.69) is 34.7 Å². The fourth-order valence-corrected chi connectivity index (χ4v) is 2.20. The Labute approximate surface area is 130 Å². The molecule has 0 saturated heterocycles. The van der Waals surface area contributed by atoms with Crippen LogP contribution >= 0.6 is 0 Å². The third-order valence-corrected chi connectivity index (χ3v) is 3.43. The van der Waals surface area contributed by atoms with Crippen molar-refractivity contribution in [2.24, 2.45) is 4.99 Å². The lowest BCUT2D eigenvalue weighted by Gasteiger charge is -2.11. The Morgan fingerprint density at radius 3 is 2.68 bits per heavy atom. The molecule has 0 radical (unpaired) electrons. The van der Waals surface area contributed by atoms with Crippen LogP contribution in [0.25, 0.3) is 10.8 Å². The van der Waals surface area contributed by atoms with E-state index in [4.69, 9.17) is 4.42 Å². The van der Waals surface area contributed by atoms with Gasteiger partial charge in [-0.15, -0.1) is 0 Å². The van der Waals surface area contributed by atoms with E-state index in [1.165, 1.54) is 5.56 Å². The zero-order chi connectivity index (χ0) is 15.4. The lowest BCUT2D eigenvalue weighted by atomic mass is 10.1. The molecule has 0 aliphatic carbocycles. The van der Waals surface area contributed by atoms with Gasteiger partial charge in [0.2, 0.25) is 0 Å². The van der Waals surface area contributed by atoms with Crippen molar-refractivity contribution in [2.75, 3.05) is 14.1 Å². The van der Waals surface area contributed by atoms with Crippen LogP contribution in [0.1, 0.15) is 11.1 Å². The van der Waals surface area contributed by atoms with E-state index < -0.39 is 0 Å². The van der Waals surface area contributed by atoms with Crippen molar-refractivity contribution in [3.8, 4) is 0 Å². The second kappa shape index (κ2) is 6.56. The van der Waals surface area contributed by atoms with Crippen molar-refractivity contribution in [1.82, 2.24) is 10.4 Å². The quantitative estimate of drug-likeness (QED) is 0.575. The summed E-state index contributed by atoms with van der Waals surface area (Å²) in [5, 5.41) is 4.05. The maximum atomic E-state index is 5.23. The third kappa shape index (κ3) is 3.42. The minimum Gasteiger partial charge on any atom is -0.471 e. The van der Waals surface area contributed by atoms with Gasteiger partial charge in [0, 0.05) is 37.6 Å². The number of nitrogens with zero attached hydrogens (tertiary/aromatic N) is 2. The molecule has 4 nitrogen and oxygen atoms in total. The van der Waals surface area contributed by atoms with Crippen LogP contribution in [-0.4, -0.2) is 25.3 Å². The summed E-state index contributed by atoms with van der Waals surface area (Å²) >= 11 is 0. The second-order valence-corrected chi connectivity index (χ2v) is 5.38. The predicted molar refractivity (Wildman–Crippen MR) is 90.4 cm³/mol. The molecular weight excluding hydrogens is 274 g/mol. The first kappa shape index (κ1) is 14.5. The van der Waals surface area contributed by atoms with Crippen LogP contribution in [0.4, 0.5) is 5.69 Å². The molecule has 3 rings (SSSR count). The number of aliphatic imine (C=N–C) groups is 1. The van der Waals surface area contributed by atoms with E-state index in [0.29, 0.717) is 0 Å². The number of nitrogens with one attached hydrogen (secondary N) is 1. The highest BCUT2D eigenvalue weighted by Gasteiger charge is 2.00. The van der Waals surface area contributed by atoms with Crippen LogP contribution in [0.3, 0.4) is 0 Å². The van der Waals surface area contributed by atoms with Crippen LogP contribution in [0.15, 0.2) is 64.4 Å². The Morgan fingerprint density at radius 2 is 1.91 bits per heavy atom. The molecule has 0 aliphatic rings. The molecule has 112 valence electrons. The fraction of sp³-hybridized carbons (Fsp3) is 0.167. The molecule has 2 aromatic carbocycles.